The van der Waals surface area contributed by atoms with E-state index in [0.717, 1.165) is 33.6 Å². The zero-order chi connectivity index (χ0) is 17.5. The van der Waals surface area contributed by atoms with Crippen molar-refractivity contribution in [3.05, 3.63) is 78.1 Å². The number of carbonyl (C=O) groups excluding carboxylic acids is 1. The van der Waals surface area contributed by atoms with Gasteiger partial charge in [-0.25, -0.2) is 0 Å². The maximum absolute atomic E-state index is 12.6. The highest BCUT2D eigenvalue weighted by molar-refractivity contribution is 6.22. The summed E-state index contributed by atoms with van der Waals surface area (Å²) < 4.78 is 0. The number of carbonyl (C=O) groups is 1. The number of pyridine rings is 1. The minimum absolute atomic E-state index is 0.0473. The molecule has 1 aromatic heterocycles. The van der Waals surface area contributed by atoms with E-state index in [9.17, 15) is 4.79 Å². The summed E-state index contributed by atoms with van der Waals surface area (Å²) in [6.07, 6.45) is 3.58. The van der Waals surface area contributed by atoms with Gasteiger partial charge in [-0.15, -0.1) is 0 Å². The third-order valence-electron chi connectivity index (χ3n) is 4.85. The molecule has 5 nitrogen and oxygen atoms in total. The van der Waals surface area contributed by atoms with E-state index in [1.807, 2.05) is 54.7 Å². The first-order valence-electron chi connectivity index (χ1n) is 8.54. The fourth-order valence-electron chi connectivity index (χ4n) is 3.54. The molecule has 3 aromatic rings. The van der Waals surface area contributed by atoms with Gasteiger partial charge in [0.2, 0.25) is 5.91 Å². The van der Waals surface area contributed by atoms with Crippen LogP contribution in [0.15, 0.2) is 72.0 Å². The largest absolute Gasteiger partial charge is 0.343 e. The molecule has 2 N–H and O–H groups in total. The van der Waals surface area contributed by atoms with Gasteiger partial charge in [0.25, 0.3) is 0 Å². The summed E-state index contributed by atoms with van der Waals surface area (Å²) in [5, 5.41) is 6.32. The second-order valence-electron chi connectivity index (χ2n) is 6.45. The minimum atomic E-state index is -0.421. The smallest absolute Gasteiger partial charge is 0.239 e. The van der Waals surface area contributed by atoms with Gasteiger partial charge in [0.05, 0.1) is 6.54 Å². The van der Waals surface area contributed by atoms with Crippen molar-refractivity contribution in [2.75, 3.05) is 10.6 Å². The summed E-state index contributed by atoms with van der Waals surface area (Å²) in [7, 11) is 0. The SMILES string of the molecule is O=C1Nc2ccc(-c3cccnc3)cc2C1C1=NCc2ccccc2N1. The van der Waals surface area contributed by atoms with Gasteiger partial charge in [-0.3, -0.25) is 14.8 Å². The maximum Gasteiger partial charge on any atom is 0.239 e. The van der Waals surface area contributed by atoms with Crippen molar-refractivity contribution in [1.29, 1.82) is 0 Å². The molecule has 2 aliphatic rings. The Morgan fingerprint density at radius 2 is 1.85 bits per heavy atom. The molecular formula is C21H16N4O. The number of rotatable bonds is 2. The third-order valence-corrected chi connectivity index (χ3v) is 4.85. The van der Waals surface area contributed by atoms with E-state index in [4.69, 9.17) is 0 Å². The Labute approximate surface area is 150 Å². The third kappa shape index (κ3) is 2.37. The van der Waals surface area contributed by atoms with Gasteiger partial charge in [0.1, 0.15) is 11.8 Å². The van der Waals surface area contributed by atoms with Crippen LogP contribution < -0.4 is 10.6 Å². The number of aliphatic imine (C=N–C) groups is 1. The topological polar surface area (TPSA) is 66.4 Å². The minimum Gasteiger partial charge on any atom is -0.343 e. The molecule has 1 atom stereocenters. The molecule has 0 fully saturated rings. The number of hydrogen-bond acceptors (Lipinski definition) is 4. The first-order valence-corrected chi connectivity index (χ1v) is 8.54. The van der Waals surface area contributed by atoms with E-state index in [0.29, 0.717) is 12.4 Å². The summed E-state index contributed by atoms with van der Waals surface area (Å²) >= 11 is 0. The first kappa shape index (κ1) is 14.8. The molecule has 26 heavy (non-hydrogen) atoms. The summed E-state index contributed by atoms with van der Waals surface area (Å²) in [6.45, 7) is 0.583. The molecule has 0 saturated heterocycles. The van der Waals surface area contributed by atoms with E-state index in [1.54, 1.807) is 6.20 Å². The molecule has 2 aliphatic heterocycles. The van der Waals surface area contributed by atoms with Crippen molar-refractivity contribution in [1.82, 2.24) is 4.98 Å². The van der Waals surface area contributed by atoms with E-state index in [1.165, 1.54) is 0 Å². The summed E-state index contributed by atoms with van der Waals surface area (Å²) in [6, 6.07) is 18.0. The fourth-order valence-corrected chi connectivity index (χ4v) is 3.54. The molecule has 1 unspecified atom stereocenters. The summed E-state index contributed by atoms with van der Waals surface area (Å²) in [5.74, 6) is 0.229. The number of nitrogens with one attached hydrogen (secondary N) is 2. The van der Waals surface area contributed by atoms with Crippen molar-refractivity contribution in [3.8, 4) is 11.1 Å². The van der Waals surface area contributed by atoms with Crippen molar-refractivity contribution < 1.29 is 4.79 Å². The number of para-hydroxylation sites is 1. The predicted molar refractivity (Wildman–Crippen MR) is 102 cm³/mol. The molecule has 0 aliphatic carbocycles. The monoisotopic (exact) mass is 340 g/mol. The van der Waals surface area contributed by atoms with Crippen LogP contribution in [0.3, 0.4) is 0 Å². The van der Waals surface area contributed by atoms with Gasteiger partial charge in [-0.1, -0.05) is 30.3 Å². The maximum atomic E-state index is 12.6. The molecule has 0 bridgehead atoms. The number of anilines is 2. The van der Waals surface area contributed by atoms with Gasteiger partial charge < -0.3 is 10.6 Å². The number of hydrogen-bond donors (Lipinski definition) is 2. The standard InChI is InChI=1S/C21H16N4O/c26-21-19(20-23-12-15-4-1-2-6-17(15)24-20)16-10-13(7-8-18(16)25-21)14-5-3-9-22-11-14/h1-11,19H,12H2,(H,23,24)(H,25,26). The lowest BCUT2D eigenvalue weighted by atomic mass is 9.94. The second-order valence-corrected chi connectivity index (χ2v) is 6.45. The van der Waals surface area contributed by atoms with Gasteiger partial charge in [-0.05, 0) is 46.5 Å². The lowest BCUT2D eigenvalue weighted by Crippen LogP contribution is -2.29. The zero-order valence-electron chi connectivity index (χ0n) is 13.9. The molecule has 0 spiro atoms. The highest BCUT2D eigenvalue weighted by atomic mass is 16.2. The van der Waals surface area contributed by atoms with Gasteiger partial charge in [0.15, 0.2) is 0 Å². The van der Waals surface area contributed by atoms with Crippen molar-refractivity contribution >= 4 is 23.1 Å². The number of nitrogens with zero attached hydrogens (tertiary/aromatic N) is 2. The van der Waals surface area contributed by atoms with Crippen molar-refractivity contribution in [3.63, 3.8) is 0 Å². The van der Waals surface area contributed by atoms with E-state index >= 15 is 0 Å². The average molecular weight is 340 g/mol. The Bertz CT molecular complexity index is 1040. The van der Waals surface area contributed by atoms with Crippen LogP contribution in [0.1, 0.15) is 17.0 Å². The number of fused-ring (bicyclic) bond motifs is 2. The highest BCUT2D eigenvalue weighted by Crippen LogP contribution is 2.38. The van der Waals surface area contributed by atoms with Crippen LogP contribution in [0.5, 0.6) is 0 Å². The van der Waals surface area contributed by atoms with Crippen LogP contribution in [-0.4, -0.2) is 16.7 Å². The molecule has 0 saturated carbocycles. The number of amides is 1. The van der Waals surface area contributed by atoms with E-state index in [-0.39, 0.29) is 5.91 Å². The Balaban J connectivity index is 1.55. The van der Waals surface area contributed by atoms with Crippen LogP contribution in [0.2, 0.25) is 0 Å². The van der Waals surface area contributed by atoms with Crippen molar-refractivity contribution in [2.45, 2.75) is 12.5 Å². The van der Waals surface area contributed by atoms with Crippen LogP contribution >= 0.6 is 0 Å². The quantitative estimate of drug-likeness (QED) is 0.745. The molecule has 5 rings (SSSR count). The van der Waals surface area contributed by atoms with Crippen LogP contribution in [0.4, 0.5) is 11.4 Å². The van der Waals surface area contributed by atoms with E-state index in [2.05, 4.69) is 26.7 Å². The van der Waals surface area contributed by atoms with E-state index < -0.39 is 5.92 Å². The summed E-state index contributed by atoms with van der Waals surface area (Å²) in [5.41, 5.74) is 6.01. The number of amidine groups is 1. The zero-order valence-corrected chi connectivity index (χ0v) is 13.9. The molecule has 0 radical (unpaired) electrons. The predicted octanol–water partition coefficient (Wildman–Crippen LogP) is 3.81. The highest BCUT2D eigenvalue weighted by Gasteiger charge is 2.36. The molecule has 126 valence electrons. The Morgan fingerprint density at radius 3 is 2.73 bits per heavy atom. The molecule has 1 amide bonds. The second kappa shape index (κ2) is 5.81. The van der Waals surface area contributed by atoms with Crippen molar-refractivity contribution in [2.24, 2.45) is 4.99 Å². The lowest BCUT2D eigenvalue weighted by Gasteiger charge is -2.21. The lowest BCUT2D eigenvalue weighted by molar-refractivity contribution is -0.115. The molecule has 3 heterocycles. The molecular weight excluding hydrogens is 324 g/mol. The van der Waals surface area contributed by atoms with Crippen LogP contribution in [0.25, 0.3) is 11.1 Å². The molecule has 5 heteroatoms. The van der Waals surface area contributed by atoms with Gasteiger partial charge >= 0.3 is 0 Å². The van der Waals surface area contributed by atoms with Crippen LogP contribution in [-0.2, 0) is 11.3 Å². The van der Waals surface area contributed by atoms with Gasteiger partial charge in [-0.2, -0.15) is 0 Å². The normalized spacial score (nSPS) is 17.6. The average Bonchev–Trinajstić information content (AvgIpc) is 3.03. The van der Waals surface area contributed by atoms with Gasteiger partial charge in [0, 0.05) is 23.8 Å². The van der Waals surface area contributed by atoms with Crippen LogP contribution in [0, 0.1) is 0 Å². The fraction of sp³-hybridized carbons (Fsp3) is 0.0952. The Kier molecular flexibility index (Phi) is 3.31. The first-order chi connectivity index (χ1) is 12.8. The summed E-state index contributed by atoms with van der Waals surface area (Å²) in [4.78, 5) is 21.5. The Morgan fingerprint density at radius 1 is 0.923 bits per heavy atom. The molecule has 2 aromatic carbocycles. The number of aromatic nitrogens is 1. The number of benzene rings is 2. The Hall–Kier alpha value is -3.47.